The third kappa shape index (κ3) is 1.53. The molecule has 0 amide bonds. The van der Waals surface area contributed by atoms with Gasteiger partial charge in [-0.3, -0.25) is 0 Å². The zero-order valence-corrected chi connectivity index (χ0v) is 10.0. The van der Waals surface area contributed by atoms with Gasteiger partial charge in [-0.15, -0.1) is 0 Å². The van der Waals surface area contributed by atoms with E-state index in [-0.39, 0.29) is 5.78 Å². The first-order valence-corrected chi connectivity index (χ1v) is 5.43. The summed E-state index contributed by atoms with van der Waals surface area (Å²) in [5.74, 6) is -1.15. The summed E-state index contributed by atoms with van der Waals surface area (Å²) in [5.41, 5.74) is -1.20. The molecule has 0 aromatic heterocycles. The van der Waals surface area contributed by atoms with Crippen molar-refractivity contribution < 1.29 is 14.7 Å². The van der Waals surface area contributed by atoms with Crippen molar-refractivity contribution in [2.75, 3.05) is 6.54 Å². The van der Waals surface area contributed by atoms with Gasteiger partial charge in [0.2, 0.25) is 0 Å². The van der Waals surface area contributed by atoms with Gasteiger partial charge in [-0.2, -0.15) is 0 Å². The van der Waals surface area contributed by atoms with E-state index in [1.54, 1.807) is 10.7 Å². The van der Waals surface area contributed by atoms with Crippen LogP contribution >= 0.6 is 0 Å². The molecular weight excluding hydrogens is 233 g/mol. The average molecular weight is 247 g/mol. The molecule has 1 heterocycles. The van der Waals surface area contributed by atoms with Crippen LogP contribution in [0.2, 0.25) is 0 Å². The fraction of sp³-hybridized carbons (Fsp3) is 0.750. The average Bonchev–Trinajstić information content (AvgIpc) is 2.47. The van der Waals surface area contributed by atoms with Crippen LogP contribution in [0, 0.1) is 0 Å². The van der Waals surface area contributed by atoms with Gasteiger partial charge in [0.25, 0.3) is 0 Å². The minimum absolute atomic E-state index is 0.165. The van der Waals surface area contributed by atoms with E-state index in [2.05, 4.69) is 0 Å². The van der Waals surface area contributed by atoms with Gasteiger partial charge < -0.3 is 0 Å². The number of ketones is 1. The normalized spacial score (nSPS) is 29.1. The third-order valence-corrected chi connectivity index (χ3v) is 4.03. The number of rotatable bonds is 3. The van der Waals surface area contributed by atoms with Crippen molar-refractivity contribution in [2.24, 2.45) is 0 Å². The molecular formula is C8H14AsNO3. The van der Waals surface area contributed by atoms with Crippen molar-refractivity contribution in [2.45, 2.75) is 31.7 Å². The first-order chi connectivity index (χ1) is 6.05. The van der Waals surface area contributed by atoms with Crippen LogP contribution in [0.3, 0.4) is 0 Å². The molecule has 0 bridgehead atoms. The molecule has 1 N–H and O–H groups in total. The van der Waals surface area contributed by atoms with Crippen molar-refractivity contribution in [3.8, 4) is 0 Å². The summed E-state index contributed by atoms with van der Waals surface area (Å²) in [4.78, 5) is 22.7. The summed E-state index contributed by atoms with van der Waals surface area (Å²) >= 11 is 1.23. The van der Waals surface area contributed by atoms with E-state index in [0.717, 1.165) is 13.0 Å². The molecule has 0 saturated carbocycles. The molecule has 1 aliphatic rings. The molecule has 0 aromatic carbocycles. The predicted molar refractivity (Wildman–Crippen MR) is 50.1 cm³/mol. The molecule has 2 unspecified atom stereocenters. The first-order valence-electron chi connectivity index (χ1n) is 4.34. The van der Waals surface area contributed by atoms with Crippen LogP contribution in [0.5, 0.6) is 0 Å². The summed E-state index contributed by atoms with van der Waals surface area (Å²) in [6.45, 7) is 2.43. The maximum absolute atomic E-state index is 11.6. The van der Waals surface area contributed by atoms with Crippen molar-refractivity contribution >= 4 is 28.8 Å². The van der Waals surface area contributed by atoms with Gasteiger partial charge in [0.15, 0.2) is 0 Å². The van der Waals surface area contributed by atoms with Crippen LogP contribution in [-0.4, -0.2) is 49.8 Å². The van der Waals surface area contributed by atoms with E-state index in [4.69, 9.17) is 5.11 Å². The Kier molecular flexibility index (Phi) is 3.14. The van der Waals surface area contributed by atoms with Crippen molar-refractivity contribution in [3.05, 3.63) is 0 Å². The first kappa shape index (κ1) is 10.7. The Hall–Kier alpha value is -0.342. The number of hydrogen-bond acceptors (Lipinski definition) is 3. The summed E-state index contributed by atoms with van der Waals surface area (Å²) in [5, 5.41) is 9.08. The molecule has 74 valence electrons. The fourth-order valence-corrected chi connectivity index (χ4v) is 2.97. The second kappa shape index (κ2) is 3.80. The standard InChI is InChI=1S/C8H14AsNO3/c1-2-6(11)8(7(12)13)4-3-5-10(8)9/h2-5,9H2,1H3,(H,12,13). The monoisotopic (exact) mass is 247 g/mol. The fourth-order valence-electron chi connectivity index (χ4n) is 1.78. The molecule has 0 aliphatic carbocycles. The summed E-state index contributed by atoms with van der Waals surface area (Å²) < 4.78 is 1.72. The second-order valence-corrected chi connectivity index (χ2v) is 4.55. The molecule has 1 fully saturated rings. The number of carbonyl (C=O) groups excluding carboxylic acids is 1. The van der Waals surface area contributed by atoms with E-state index in [9.17, 15) is 9.59 Å². The Bertz CT molecular complexity index is 244. The van der Waals surface area contributed by atoms with Crippen LogP contribution in [0.4, 0.5) is 0 Å². The molecule has 1 saturated heterocycles. The van der Waals surface area contributed by atoms with Gasteiger partial charge in [-0.1, -0.05) is 0 Å². The van der Waals surface area contributed by atoms with Crippen molar-refractivity contribution in [3.63, 3.8) is 0 Å². The van der Waals surface area contributed by atoms with E-state index in [1.165, 1.54) is 17.1 Å². The van der Waals surface area contributed by atoms with Gasteiger partial charge in [-0.05, 0) is 0 Å². The van der Waals surface area contributed by atoms with E-state index >= 15 is 0 Å². The Morgan fingerprint density at radius 3 is 2.54 bits per heavy atom. The topological polar surface area (TPSA) is 57.6 Å². The second-order valence-electron chi connectivity index (χ2n) is 3.24. The Morgan fingerprint density at radius 2 is 2.23 bits per heavy atom. The van der Waals surface area contributed by atoms with Gasteiger partial charge in [-0.25, -0.2) is 0 Å². The van der Waals surface area contributed by atoms with Gasteiger partial charge in [0.05, 0.1) is 0 Å². The number of carboxylic acids is 1. The molecule has 4 nitrogen and oxygen atoms in total. The Morgan fingerprint density at radius 1 is 1.62 bits per heavy atom. The molecule has 1 rings (SSSR count). The molecule has 0 aromatic rings. The van der Waals surface area contributed by atoms with Crippen LogP contribution in [-0.2, 0) is 9.59 Å². The summed E-state index contributed by atoms with van der Waals surface area (Å²) in [7, 11) is 0. The maximum atomic E-state index is 11.6. The van der Waals surface area contributed by atoms with Crippen LogP contribution in [0.25, 0.3) is 0 Å². The molecule has 0 spiro atoms. The van der Waals surface area contributed by atoms with E-state index in [1.807, 2.05) is 0 Å². The summed E-state index contributed by atoms with van der Waals surface area (Å²) in [6.07, 6.45) is 1.57. The van der Waals surface area contributed by atoms with Gasteiger partial charge >= 0.3 is 85.6 Å². The van der Waals surface area contributed by atoms with E-state index < -0.39 is 11.5 Å². The van der Waals surface area contributed by atoms with Crippen molar-refractivity contribution in [1.29, 1.82) is 0 Å². The number of carbonyl (C=O) groups is 2. The number of Topliss-reactive ketones (excluding diaryl/α,β-unsaturated/α-hetero) is 1. The number of carboxylic acid groups (broad SMARTS) is 1. The molecule has 1 aliphatic heterocycles. The van der Waals surface area contributed by atoms with Crippen LogP contribution in [0.15, 0.2) is 0 Å². The SMILES string of the molecule is CCC(=O)C1(C(=O)O)CCCN1[AsH2]. The predicted octanol–water partition coefficient (Wildman–Crippen LogP) is -0.567. The Labute approximate surface area is 86.0 Å². The molecule has 2 atom stereocenters. The van der Waals surface area contributed by atoms with Gasteiger partial charge in [0, 0.05) is 0 Å². The van der Waals surface area contributed by atoms with E-state index in [0.29, 0.717) is 12.8 Å². The quantitative estimate of drug-likeness (QED) is 0.536. The zero-order chi connectivity index (χ0) is 10.1. The number of aliphatic carboxylic acids is 1. The van der Waals surface area contributed by atoms with Crippen molar-refractivity contribution in [1.82, 2.24) is 3.82 Å². The molecule has 13 heavy (non-hydrogen) atoms. The van der Waals surface area contributed by atoms with Crippen LogP contribution in [0.1, 0.15) is 26.2 Å². The van der Waals surface area contributed by atoms with Crippen LogP contribution < -0.4 is 0 Å². The summed E-state index contributed by atoms with van der Waals surface area (Å²) in [6, 6.07) is 0. The number of nitrogens with zero attached hydrogens (tertiary/aromatic N) is 1. The molecule has 0 radical (unpaired) electrons. The zero-order valence-electron chi connectivity index (χ0n) is 7.62. The number of hydrogen-bond donors (Lipinski definition) is 1. The minimum atomic E-state index is -1.20. The Balaban J connectivity index is 3.00. The molecule has 5 heteroatoms. The third-order valence-electron chi connectivity index (χ3n) is 2.56. The van der Waals surface area contributed by atoms with Gasteiger partial charge in [0.1, 0.15) is 0 Å².